The summed E-state index contributed by atoms with van der Waals surface area (Å²) in [6.07, 6.45) is 3.63. The van der Waals surface area contributed by atoms with Crippen molar-refractivity contribution in [3.63, 3.8) is 0 Å². The minimum Gasteiger partial charge on any atom is -0.369 e. The first-order valence-electron chi connectivity index (χ1n) is 12.0. The van der Waals surface area contributed by atoms with Crippen LogP contribution in [-0.4, -0.2) is 49.5 Å². The van der Waals surface area contributed by atoms with Crippen LogP contribution >= 0.6 is 0 Å². The zero-order valence-electron chi connectivity index (χ0n) is 20.2. The fraction of sp³-hybridized carbons (Fsp3) is 0.385. The molecule has 1 saturated heterocycles. The van der Waals surface area contributed by atoms with E-state index < -0.39 is 26.8 Å². The fourth-order valence-corrected chi connectivity index (χ4v) is 6.86. The first kappa shape index (κ1) is 24.6. The van der Waals surface area contributed by atoms with Gasteiger partial charge in [-0.15, -0.1) is 0 Å². The third-order valence-electron chi connectivity index (χ3n) is 7.35. The molecular weight excluding hydrogens is 484 g/mol. The molecule has 2 bridgehead atoms. The van der Waals surface area contributed by atoms with Crippen LogP contribution in [0.15, 0.2) is 59.8 Å². The Hall–Kier alpha value is -3.11. The molecule has 0 radical (unpaired) electrons. The Balaban J connectivity index is 1.34. The molecule has 36 heavy (non-hydrogen) atoms. The van der Waals surface area contributed by atoms with Crippen molar-refractivity contribution in [3.8, 4) is 0 Å². The lowest BCUT2D eigenvalue weighted by Gasteiger charge is -2.43. The number of anilines is 2. The molecule has 0 amide bonds. The maximum Gasteiger partial charge on any atom is 0.283 e. The van der Waals surface area contributed by atoms with Crippen molar-refractivity contribution in [3.05, 3.63) is 77.6 Å². The van der Waals surface area contributed by atoms with Gasteiger partial charge in [-0.05, 0) is 49.3 Å². The highest BCUT2D eigenvalue weighted by atomic mass is 32.2. The van der Waals surface area contributed by atoms with Crippen molar-refractivity contribution in [1.82, 2.24) is 14.9 Å². The van der Waals surface area contributed by atoms with Crippen LogP contribution in [0.25, 0.3) is 0 Å². The van der Waals surface area contributed by atoms with E-state index in [1.165, 1.54) is 23.9 Å². The first-order valence-corrected chi connectivity index (χ1v) is 13.5. The van der Waals surface area contributed by atoms with Crippen LogP contribution < -0.4 is 9.62 Å². The van der Waals surface area contributed by atoms with E-state index in [4.69, 9.17) is 0 Å². The van der Waals surface area contributed by atoms with Crippen LogP contribution in [0.2, 0.25) is 0 Å². The summed E-state index contributed by atoms with van der Waals surface area (Å²) in [6.45, 7) is 4.41. The summed E-state index contributed by atoms with van der Waals surface area (Å²) in [5.74, 6) is -1.14. The number of aromatic nitrogens is 2. The number of pyridine rings is 2. The summed E-state index contributed by atoms with van der Waals surface area (Å²) in [5, 5.41) is -0.733. The third kappa shape index (κ3) is 4.79. The monoisotopic (exact) mass is 513 g/mol. The molecule has 3 atom stereocenters. The zero-order chi connectivity index (χ0) is 25.4. The molecule has 7 nitrogen and oxygen atoms in total. The lowest BCUT2D eigenvalue weighted by atomic mass is 9.90. The molecule has 1 N–H and O–H groups in total. The van der Waals surface area contributed by atoms with Gasteiger partial charge in [0.2, 0.25) is 11.0 Å². The molecule has 1 saturated carbocycles. The van der Waals surface area contributed by atoms with Crippen LogP contribution in [-0.2, 0) is 16.6 Å². The average Bonchev–Trinajstić information content (AvgIpc) is 3.10. The van der Waals surface area contributed by atoms with E-state index >= 15 is 4.39 Å². The van der Waals surface area contributed by atoms with Crippen LogP contribution in [0.3, 0.4) is 0 Å². The molecule has 1 aromatic carbocycles. The lowest BCUT2D eigenvalue weighted by molar-refractivity contribution is 0.138. The molecule has 5 rings (SSSR count). The molecule has 2 aromatic heterocycles. The maximum atomic E-state index is 15.4. The van der Waals surface area contributed by atoms with Gasteiger partial charge in [0.1, 0.15) is 5.82 Å². The minimum absolute atomic E-state index is 0.214. The molecular formula is C26H29F2N5O2S. The number of likely N-dealkylation sites (tertiary alicyclic amines) is 1. The Morgan fingerprint density at radius 2 is 1.75 bits per heavy atom. The highest BCUT2D eigenvalue weighted by Gasteiger charge is 2.44. The second-order valence-electron chi connectivity index (χ2n) is 9.72. The number of benzene rings is 1. The van der Waals surface area contributed by atoms with E-state index in [0.717, 1.165) is 38.5 Å². The summed E-state index contributed by atoms with van der Waals surface area (Å²) in [7, 11) is -2.45. The molecule has 1 aliphatic carbocycles. The quantitative estimate of drug-likeness (QED) is 0.477. The van der Waals surface area contributed by atoms with Gasteiger partial charge in [0.05, 0.1) is 11.9 Å². The van der Waals surface area contributed by atoms with Crippen molar-refractivity contribution >= 4 is 21.5 Å². The summed E-state index contributed by atoms with van der Waals surface area (Å²) in [4.78, 5) is 12.0. The van der Waals surface area contributed by atoms with Crippen molar-refractivity contribution in [2.75, 3.05) is 29.8 Å². The number of fused-ring (bicyclic) bond motifs is 2. The Morgan fingerprint density at radius 1 is 1.06 bits per heavy atom. The van der Waals surface area contributed by atoms with Crippen LogP contribution in [0.5, 0.6) is 0 Å². The highest BCUT2D eigenvalue weighted by Crippen LogP contribution is 2.42. The minimum atomic E-state index is -4.39. The summed E-state index contributed by atoms with van der Waals surface area (Å²) in [5.41, 5.74) is 2.09. The molecule has 1 aliphatic heterocycles. The molecule has 3 aromatic rings. The van der Waals surface area contributed by atoms with Crippen LogP contribution in [0.1, 0.15) is 24.0 Å². The molecule has 10 heteroatoms. The topological polar surface area (TPSA) is 78.4 Å². The molecule has 2 fully saturated rings. The van der Waals surface area contributed by atoms with Crippen molar-refractivity contribution in [1.29, 1.82) is 0 Å². The van der Waals surface area contributed by atoms with Gasteiger partial charge in [0.25, 0.3) is 10.0 Å². The maximum absolute atomic E-state index is 15.4. The average molecular weight is 514 g/mol. The first-order chi connectivity index (χ1) is 17.2. The fourth-order valence-electron chi connectivity index (χ4n) is 5.79. The molecule has 190 valence electrons. The Bertz CT molecular complexity index is 1340. The van der Waals surface area contributed by atoms with E-state index in [-0.39, 0.29) is 17.4 Å². The van der Waals surface area contributed by atoms with Gasteiger partial charge in [-0.25, -0.2) is 14.4 Å². The van der Waals surface area contributed by atoms with Crippen molar-refractivity contribution in [2.24, 2.45) is 11.8 Å². The standard InChI is InChI=1S/C26H29F2N5O2S/c1-17-21(13-29-26(24(17)28)36(34,35)31-23-10-6-9-22(27)30-23)32(2)25-19-11-12-20(25)16-33(15-19)14-18-7-4-3-5-8-18/h3-10,13,19-20,25H,11-12,14-16H2,1-2H3,(H,30,31)/t19-,20+,25-. The number of piperidine rings is 1. The van der Waals surface area contributed by atoms with Gasteiger partial charge in [-0.2, -0.15) is 12.8 Å². The van der Waals surface area contributed by atoms with Gasteiger partial charge in [-0.3, -0.25) is 9.62 Å². The number of nitrogens with zero attached hydrogens (tertiary/aromatic N) is 4. The van der Waals surface area contributed by atoms with Gasteiger partial charge in [0, 0.05) is 38.3 Å². The molecule has 2 aliphatic rings. The van der Waals surface area contributed by atoms with E-state index in [9.17, 15) is 12.8 Å². The zero-order valence-corrected chi connectivity index (χ0v) is 21.0. The predicted octanol–water partition coefficient (Wildman–Crippen LogP) is 4.21. The van der Waals surface area contributed by atoms with Crippen LogP contribution in [0, 0.1) is 30.5 Å². The third-order valence-corrected chi connectivity index (χ3v) is 8.62. The predicted molar refractivity (Wildman–Crippen MR) is 134 cm³/mol. The second kappa shape index (κ2) is 9.74. The number of nitrogens with one attached hydrogen (secondary N) is 1. The number of hydrogen-bond acceptors (Lipinski definition) is 6. The summed E-state index contributed by atoms with van der Waals surface area (Å²) >= 11 is 0. The molecule has 0 spiro atoms. The smallest absolute Gasteiger partial charge is 0.283 e. The summed E-state index contributed by atoms with van der Waals surface area (Å²) in [6, 6.07) is 14.3. The van der Waals surface area contributed by atoms with E-state index in [1.807, 2.05) is 13.1 Å². The van der Waals surface area contributed by atoms with E-state index in [2.05, 4.69) is 48.8 Å². The highest BCUT2D eigenvalue weighted by molar-refractivity contribution is 7.92. The van der Waals surface area contributed by atoms with Gasteiger partial charge in [0.15, 0.2) is 5.82 Å². The number of hydrogen-bond donors (Lipinski definition) is 1. The van der Waals surface area contributed by atoms with Crippen molar-refractivity contribution < 1.29 is 17.2 Å². The Morgan fingerprint density at radius 3 is 2.42 bits per heavy atom. The second-order valence-corrected chi connectivity index (χ2v) is 11.3. The van der Waals surface area contributed by atoms with Gasteiger partial charge >= 0.3 is 0 Å². The van der Waals surface area contributed by atoms with Crippen molar-refractivity contribution in [2.45, 2.75) is 37.4 Å². The SMILES string of the molecule is Cc1c(N(C)[C@@H]2[C@@H]3CC[C@H]2CN(Cc2ccccc2)C3)cnc(S(=O)(=O)Nc2cccc(F)n2)c1F. The lowest BCUT2D eigenvalue weighted by Crippen LogP contribution is -2.51. The number of halogens is 2. The van der Waals surface area contributed by atoms with E-state index in [1.54, 1.807) is 6.92 Å². The van der Waals surface area contributed by atoms with Gasteiger partial charge < -0.3 is 4.90 Å². The largest absolute Gasteiger partial charge is 0.369 e. The number of sulfonamides is 1. The molecule has 0 unspecified atom stereocenters. The van der Waals surface area contributed by atoms with Gasteiger partial charge in [-0.1, -0.05) is 36.4 Å². The van der Waals surface area contributed by atoms with E-state index in [0.29, 0.717) is 17.5 Å². The number of rotatable bonds is 7. The Labute approximate surface area is 210 Å². The normalized spacial score (nSPS) is 21.9. The molecule has 3 heterocycles. The Kier molecular flexibility index (Phi) is 6.65. The van der Waals surface area contributed by atoms with Crippen LogP contribution in [0.4, 0.5) is 20.3 Å². The summed E-state index contributed by atoms with van der Waals surface area (Å²) < 4.78 is 56.4.